The average molecular weight is 313 g/mol. The number of primary amides is 1. The van der Waals surface area contributed by atoms with Crippen LogP contribution in [0, 0.1) is 0 Å². The molecular weight excluding hydrogens is 298 g/mol. The number of pyridine rings is 1. The van der Waals surface area contributed by atoms with E-state index in [1.54, 1.807) is 6.20 Å². The fraction of sp³-hybridized carbons (Fsp3) is 0. The molecule has 0 saturated carbocycles. The van der Waals surface area contributed by atoms with Crippen LogP contribution in [0.3, 0.4) is 0 Å². The summed E-state index contributed by atoms with van der Waals surface area (Å²) in [6.07, 6.45) is 1.70. The molecule has 4 heteroatoms. The molecule has 4 rings (SSSR count). The van der Waals surface area contributed by atoms with E-state index < -0.39 is 5.91 Å². The van der Waals surface area contributed by atoms with Gasteiger partial charge in [0.05, 0.1) is 11.3 Å². The Hall–Kier alpha value is -3.40. The summed E-state index contributed by atoms with van der Waals surface area (Å²) in [5.41, 5.74) is 6.68. The molecule has 0 aliphatic heterocycles. The number of hydrogen-bond donors (Lipinski definition) is 2. The Bertz CT molecular complexity index is 1060. The third-order valence-electron chi connectivity index (χ3n) is 4.03. The van der Waals surface area contributed by atoms with Crippen LogP contribution in [-0.4, -0.2) is 10.9 Å². The minimum Gasteiger partial charge on any atom is -0.366 e. The lowest BCUT2D eigenvalue weighted by Crippen LogP contribution is -2.13. The quantitative estimate of drug-likeness (QED) is 0.556. The molecule has 0 atom stereocenters. The number of aromatic nitrogens is 1. The average Bonchev–Trinajstić information content (AvgIpc) is 2.60. The van der Waals surface area contributed by atoms with E-state index >= 15 is 0 Å². The minimum atomic E-state index is -0.469. The molecule has 3 N–H and O–H groups in total. The highest BCUT2D eigenvalue weighted by Crippen LogP contribution is 2.29. The van der Waals surface area contributed by atoms with E-state index in [4.69, 9.17) is 5.73 Å². The van der Waals surface area contributed by atoms with Gasteiger partial charge < -0.3 is 11.1 Å². The van der Waals surface area contributed by atoms with Crippen molar-refractivity contribution in [2.24, 2.45) is 5.73 Å². The summed E-state index contributed by atoms with van der Waals surface area (Å²) in [5.74, 6) is 0.198. The van der Waals surface area contributed by atoms with E-state index in [-0.39, 0.29) is 0 Å². The van der Waals surface area contributed by atoms with Crippen LogP contribution >= 0.6 is 0 Å². The molecule has 1 amide bonds. The fourth-order valence-electron chi connectivity index (χ4n) is 2.87. The number of carbonyl (C=O) groups is 1. The molecule has 0 radical (unpaired) electrons. The summed E-state index contributed by atoms with van der Waals surface area (Å²) >= 11 is 0. The Morgan fingerprint density at radius 3 is 2.12 bits per heavy atom. The number of nitrogens with one attached hydrogen (secondary N) is 1. The first-order chi connectivity index (χ1) is 11.7. The van der Waals surface area contributed by atoms with Gasteiger partial charge in [0.15, 0.2) is 0 Å². The molecule has 0 bridgehead atoms. The number of rotatable bonds is 3. The van der Waals surface area contributed by atoms with Gasteiger partial charge in [-0.1, -0.05) is 30.3 Å². The molecular formula is C20H15N3O. The largest absolute Gasteiger partial charge is 0.366 e. The van der Waals surface area contributed by atoms with Crippen LogP contribution in [0.1, 0.15) is 10.4 Å². The molecule has 0 spiro atoms. The molecule has 1 aromatic heterocycles. The van der Waals surface area contributed by atoms with E-state index in [2.05, 4.69) is 34.6 Å². The van der Waals surface area contributed by atoms with Gasteiger partial charge in [-0.3, -0.25) is 4.79 Å². The van der Waals surface area contributed by atoms with Gasteiger partial charge in [-0.05, 0) is 57.9 Å². The van der Waals surface area contributed by atoms with Crippen LogP contribution in [0.15, 0.2) is 72.9 Å². The number of amides is 1. The van der Waals surface area contributed by atoms with E-state index in [1.165, 1.54) is 0 Å². The predicted octanol–water partition coefficient (Wildman–Crippen LogP) is 4.23. The number of carbonyl (C=O) groups excluding carboxylic acids is 1. The zero-order valence-corrected chi connectivity index (χ0v) is 12.9. The van der Waals surface area contributed by atoms with E-state index in [1.807, 2.05) is 42.5 Å². The van der Waals surface area contributed by atoms with E-state index in [0.717, 1.165) is 21.5 Å². The number of benzene rings is 3. The van der Waals surface area contributed by atoms with Crippen molar-refractivity contribution >= 4 is 39.0 Å². The maximum atomic E-state index is 11.9. The molecule has 4 aromatic rings. The molecule has 0 fully saturated rings. The Morgan fingerprint density at radius 1 is 0.833 bits per heavy atom. The molecule has 0 unspecified atom stereocenters. The lowest BCUT2D eigenvalue weighted by atomic mass is 10.00. The lowest BCUT2D eigenvalue weighted by molar-refractivity contribution is 0.100. The normalized spacial score (nSPS) is 10.8. The predicted molar refractivity (Wildman–Crippen MR) is 97.5 cm³/mol. The van der Waals surface area contributed by atoms with Crippen molar-refractivity contribution in [3.8, 4) is 0 Å². The van der Waals surface area contributed by atoms with Gasteiger partial charge in [0.25, 0.3) is 5.91 Å². The van der Waals surface area contributed by atoms with Gasteiger partial charge in [-0.2, -0.15) is 0 Å². The van der Waals surface area contributed by atoms with Gasteiger partial charge in [0.1, 0.15) is 5.82 Å². The maximum Gasteiger partial charge on any atom is 0.250 e. The Balaban J connectivity index is 1.92. The number of nitrogens with two attached hydrogens (primary N) is 1. The summed E-state index contributed by atoms with van der Waals surface area (Å²) in [4.78, 5) is 16.1. The molecule has 4 nitrogen and oxygen atoms in total. The van der Waals surface area contributed by atoms with Gasteiger partial charge in [-0.25, -0.2) is 4.98 Å². The summed E-state index contributed by atoms with van der Waals surface area (Å²) in [6, 6.07) is 21.7. The number of anilines is 2. The molecule has 0 aliphatic carbocycles. The number of hydrogen-bond acceptors (Lipinski definition) is 3. The van der Waals surface area contributed by atoms with Crippen molar-refractivity contribution in [3.63, 3.8) is 0 Å². The molecule has 24 heavy (non-hydrogen) atoms. The van der Waals surface area contributed by atoms with Gasteiger partial charge in [-0.15, -0.1) is 0 Å². The first kappa shape index (κ1) is 14.2. The zero-order chi connectivity index (χ0) is 16.5. The standard InChI is InChI=1S/C20H15N3O/c21-20(24)17-11-15-9-13-5-1-2-6-14(13)10-16(15)12-18(17)23-19-7-3-4-8-22-19/h1-12H,(H2,21,24)(H,22,23). The smallest absolute Gasteiger partial charge is 0.250 e. The topological polar surface area (TPSA) is 68.0 Å². The molecule has 116 valence electrons. The molecule has 3 aromatic carbocycles. The van der Waals surface area contributed by atoms with Crippen molar-refractivity contribution in [3.05, 3.63) is 78.5 Å². The van der Waals surface area contributed by atoms with Crippen molar-refractivity contribution in [1.82, 2.24) is 4.98 Å². The SMILES string of the molecule is NC(=O)c1cc2cc3ccccc3cc2cc1Nc1ccccn1. The monoisotopic (exact) mass is 313 g/mol. The number of fused-ring (bicyclic) bond motifs is 2. The van der Waals surface area contributed by atoms with Crippen molar-refractivity contribution in [2.75, 3.05) is 5.32 Å². The number of nitrogens with zero attached hydrogens (tertiary/aromatic N) is 1. The summed E-state index contributed by atoms with van der Waals surface area (Å²) in [7, 11) is 0. The second-order valence-electron chi connectivity index (χ2n) is 5.65. The second kappa shape index (κ2) is 5.66. The van der Waals surface area contributed by atoms with Crippen molar-refractivity contribution in [2.45, 2.75) is 0 Å². The van der Waals surface area contributed by atoms with Crippen LogP contribution in [0.5, 0.6) is 0 Å². The van der Waals surface area contributed by atoms with Gasteiger partial charge in [0, 0.05) is 6.20 Å². The third-order valence-corrected chi connectivity index (χ3v) is 4.03. The van der Waals surface area contributed by atoms with E-state index in [0.29, 0.717) is 17.1 Å². The Labute approximate surface area is 138 Å². The first-order valence-corrected chi connectivity index (χ1v) is 7.65. The highest BCUT2D eigenvalue weighted by atomic mass is 16.1. The highest BCUT2D eigenvalue weighted by Gasteiger charge is 2.11. The van der Waals surface area contributed by atoms with Crippen molar-refractivity contribution in [1.29, 1.82) is 0 Å². The van der Waals surface area contributed by atoms with Crippen LogP contribution in [-0.2, 0) is 0 Å². The van der Waals surface area contributed by atoms with Crippen LogP contribution in [0.4, 0.5) is 11.5 Å². The molecule has 0 aliphatic rings. The molecule has 1 heterocycles. The lowest BCUT2D eigenvalue weighted by Gasteiger charge is -2.12. The van der Waals surface area contributed by atoms with Crippen molar-refractivity contribution < 1.29 is 4.79 Å². The fourth-order valence-corrected chi connectivity index (χ4v) is 2.87. The zero-order valence-electron chi connectivity index (χ0n) is 12.9. The maximum absolute atomic E-state index is 11.9. The Morgan fingerprint density at radius 2 is 1.50 bits per heavy atom. The highest BCUT2D eigenvalue weighted by molar-refractivity contribution is 6.07. The Kier molecular flexibility index (Phi) is 3.35. The van der Waals surface area contributed by atoms with Crippen LogP contribution in [0.25, 0.3) is 21.5 Å². The van der Waals surface area contributed by atoms with E-state index in [9.17, 15) is 4.79 Å². The third kappa shape index (κ3) is 2.54. The summed E-state index contributed by atoms with van der Waals surface area (Å²) < 4.78 is 0. The summed E-state index contributed by atoms with van der Waals surface area (Å²) in [5, 5.41) is 7.49. The van der Waals surface area contributed by atoms with Crippen LogP contribution in [0.2, 0.25) is 0 Å². The van der Waals surface area contributed by atoms with Crippen LogP contribution < -0.4 is 11.1 Å². The van der Waals surface area contributed by atoms with Gasteiger partial charge >= 0.3 is 0 Å². The minimum absolute atomic E-state index is 0.448. The molecule has 0 saturated heterocycles. The van der Waals surface area contributed by atoms with Gasteiger partial charge in [0.2, 0.25) is 0 Å². The first-order valence-electron chi connectivity index (χ1n) is 7.65. The second-order valence-corrected chi connectivity index (χ2v) is 5.65. The summed E-state index contributed by atoms with van der Waals surface area (Å²) in [6.45, 7) is 0.